The van der Waals surface area contributed by atoms with Gasteiger partial charge in [-0.15, -0.1) is 12.4 Å². The second kappa shape index (κ2) is 6.83. The molecule has 0 saturated heterocycles. The lowest BCUT2D eigenvalue weighted by Gasteiger charge is -2.17. The minimum absolute atomic E-state index is 0. The third-order valence-electron chi connectivity index (χ3n) is 4.42. The molecule has 1 aliphatic carbocycles. The molecule has 1 aliphatic rings. The molecule has 1 aromatic carbocycles. The number of benzene rings is 1. The molecule has 130 valence electrons. The fourth-order valence-corrected chi connectivity index (χ4v) is 2.61. The molecular weight excluding hydrogens is 328 g/mol. The summed E-state index contributed by atoms with van der Waals surface area (Å²) in [6.45, 7) is 3.94. The summed E-state index contributed by atoms with van der Waals surface area (Å²) in [7, 11) is 1.64. The maximum absolute atomic E-state index is 12.1. The summed E-state index contributed by atoms with van der Waals surface area (Å²) in [6.07, 6.45) is 3.31. The minimum Gasteiger partial charge on any atom is -0.497 e. The van der Waals surface area contributed by atoms with Gasteiger partial charge in [0.1, 0.15) is 5.75 Å². The van der Waals surface area contributed by atoms with E-state index in [-0.39, 0.29) is 24.4 Å². The Bertz CT molecular complexity index is 723. The van der Waals surface area contributed by atoms with E-state index in [0.717, 1.165) is 35.5 Å². The number of carbonyl (C=O) groups is 1. The van der Waals surface area contributed by atoms with E-state index in [1.165, 1.54) is 0 Å². The Morgan fingerprint density at radius 2 is 2.00 bits per heavy atom. The maximum Gasteiger partial charge on any atom is 0.240 e. The number of amides is 1. The van der Waals surface area contributed by atoms with Gasteiger partial charge in [0.2, 0.25) is 5.91 Å². The molecule has 0 radical (unpaired) electrons. The molecule has 3 N–H and O–H groups in total. The Morgan fingerprint density at radius 1 is 1.38 bits per heavy atom. The lowest BCUT2D eigenvalue weighted by atomic mass is 10.1. The second-order valence-corrected chi connectivity index (χ2v) is 6.15. The molecule has 0 bridgehead atoms. The fourth-order valence-electron chi connectivity index (χ4n) is 2.61. The van der Waals surface area contributed by atoms with Crippen LogP contribution in [0.2, 0.25) is 0 Å². The quantitative estimate of drug-likeness (QED) is 0.866. The highest BCUT2D eigenvalue weighted by Gasteiger charge is 2.46. The smallest absolute Gasteiger partial charge is 0.240 e. The monoisotopic (exact) mass is 350 g/mol. The van der Waals surface area contributed by atoms with E-state index in [4.69, 9.17) is 10.5 Å². The Morgan fingerprint density at radius 3 is 2.54 bits per heavy atom. The number of hydrogen-bond acceptors (Lipinski definition) is 4. The van der Waals surface area contributed by atoms with Crippen molar-refractivity contribution in [3.63, 3.8) is 0 Å². The van der Waals surface area contributed by atoms with Gasteiger partial charge in [-0.05, 0) is 51.0 Å². The molecule has 2 aromatic rings. The van der Waals surface area contributed by atoms with Crippen molar-refractivity contribution in [3.05, 3.63) is 41.7 Å². The molecule has 3 rings (SSSR count). The van der Waals surface area contributed by atoms with Crippen LogP contribution in [0.25, 0.3) is 5.69 Å². The molecule has 0 spiro atoms. The second-order valence-electron chi connectivity index (χ2n) is 6.15. The van der Waals surface area contributed by atoms with Crippen LogP contribution in [0.3, 0.4) is 0 Å². The van der Waals surface area contributed by atoms with Gasteiger partial charge in [0.15, 0.2) is 0 Å². The third kappa shape index (κ3) is 3.39. The summed E-state index contributed by atoms with van der Waals surface area (Å²) in [5, 5.41) is 7.43. The number of ether oxygens (including phenoxy) is 1. The fraction of sp³-hybridized carbons (Fsp3) is 0.412. The largest absolute Gasteiger partial charge is 0.497 e. The zero-order chi connectivity index (χ0) is 16.6. The van der Waals surface area contributed by atoms with E-state index < -0.39 is 5.54 Å². The number of methoxy groups -OCH3 is 1. The predicted molar refractivity (Wildman–Crippen MR) is 94.8 cm³/mol. The average molecular weight is 351 g/mol. The van der Waals surface area contributed by atoms with E-state index >= 15 is 0 Å². The van der Waals surface area contributed by atoms with Crippen molar-refractivity contribution in [1.82, 2.24) is 15.1 Å². The molecular formula is C17H23ClN4O2. The zero-order valence-electron chi connectivity index (χ0n) is 14.1. The average Bonchev–Trinajstić information content (AvgIpc) is 3.19. The molecule has 1 amide bonds. The van der Waals surface area contributed by atoms with Crippen LogP contribution in [0.5, 0.6) is 5.75 Å². The zero-order valence-corrected chi connectivity index (χ0v) is 14.9. The Balaban J connectivity index is 0.00000208. The van der Waals surface area contributed by atoms with Gasteiger partial charge in [0.05, 0.1) is 30.6 Å². The van der Waals surface area contributed by atoms with Gasteiger partial charge < -0.3 is 15.8 Å². The van der Waals surface area contributed by atoms with Crippen molar-refractivity contribution in [3.8, 4) is 11.4 Å². The van der Waals surface area contributed by atoms with E-state index in [0.29, 0.717) is 0 Å². The van der Waals surface area contributed by atoms with E-state index in [1.54, 1.807) is 13.3 Å². The molecule has 1 heterocycles. The lowest BCUT2D eigenvalue weighted by Crippen LogP contribution is -2.43. The van der Waals surface area contributed by atoms with Crippen LogP contribution in [-0.4, -0.2) is 28.3 Å². The van der Waals surface area contributed by atoms with Gasteiger partial charge in [-0.2, -0.15) is 5.10 Å². The highest BCUT2D eigenvalue weighted by Crippen LogP contribution is 2.33. The molecule has 1 atom stereocenters. The Hall–Kier alpha value is -2.05. The number of rotatable bonds is 5. The van der Waals surface area contributed by atoms with E-state index in [9.17, 15) is 4.79 Å². The summed E-state index contributed by atoms with van der Waals surface area (Å²) >= 11 is 0. The van der Waals surface area contributed by atoms with E-state index in [2.05, 4.69) is 10.4 Å². The van der Waals surface area contributed by atoms with Crippen LogP contribution in [0.15, 0.2) is 30.5 Å². The van der Waals surface area contributed by atoms with Gasteiger partial charge >= 0.3 is 0 Å². The van der Waals surface area contributed by atoms with Gasteiger partial charge in [0, 0.05) is 11.3 Å². The van der Waals surface area contributed by atoms with Crippen molar-refractivity contribution in [2.75, 3.05) is 7.11 Å². The topological polar surface area (TPSA) is 82.2 Å². The summed E-state index contributed by atoms with van der Waals surface area (Å²) in [6, 6.07) is 7.56. The van der Waals surface area contributed by atoms with Crippen LogP contribution in [0, 0.1) is 6.92 Å². The SMILES string of the molecule is COc1ccc(-n2ncc(C(C)NC(=O)C3(N)CC3)c2C)cc1.Cl. The Labute approximate surface area is 147 Å². The van der Waals surface area contributed by atoms with Crippen molar-refractivity contribution < 1.29 is 9.53 Å². The highest BCUT2D eigenvalue weighted by atomic mass is 35.5. The van der Waals surface area contributed by atoms with Crippen molar-refractivity contribution in [1.29, 1.82) is 0 Å². The van der Waals surface area contributed by atoms with Crippen molar-refractivity contribution in [2.24, 2.45) is 5.73 Å². The number of aromatic nitrogens is 2. The molecule has 1 aromatic heterocycles. The summed E-state index contributed by atoms with van der Waals surface area (Å²) < 4.78 is 7.03. The first kappa shape index (κ1) is 18.3. The van der Waals surface area contributed by atoms with Gasteiger partial charge in [0.25, 0.3) is 0 Å². The number of nitrogens with two attached hydrogens (primary N) is 1. The molecule has 7 heteroatoms. The van der Waals surface area contributed by atoms with Crippen LogP contribution in [0.1, 0.15) is 37.1 Å². The minimum atomic E-state index is -0.659. The normalized spacial score (nSPS) is 16.0. The number of nitrogens with one attached hydrogen (secondary N) is 1. The highest BCUT2D eigenvalue weighted by molar-refractivity contribution is 5.89. The first-order chi connectivity index (χ1) is 10.9. The predicted octanol–water partition coefficient (Wildman–Crippen LogP) is 2.28. The van der Waals surface area contributed by atoms with Crippen LogP contribution >= 0.6 is 12.4 Å². The van der Waals surface area contributed by atoms with Crippen LogP contribution < -0.4 is 15.8 Å². The van der Waals surface area contributed by atoms with Crippen LogP contribution in [-0.2, 0) is 4.79 Å². The summed E-state index contributed by atoms with van der Waals surface area (Å²) in [5.41, 5.74) is 8.20. The molecule has 24 heavy (non-hydrogen) atoms. The number of nitrogens with zero attached hydrogens (tertiary/aromatic N) is 2. The van der Waals surface area contributed by atoms with Gasteiger partial charge in [-0.1, -0.05) is 0 Å². The summed E-state index contributed by atoms with van der Waals surface area (Å²) in [5.74, 6) is 0.721. The van der Waals surface area contributed by atoms with Crippen molar-refractivity contribution in [2.45, 2.75) is 38.3 Å². The molecule has 0 aliphatic heterocycles. The van der Waals surface area contributed by atoms with Gasteiger partial charge in [-0.25, -0.2) is 4.68 Å². The van der Waals surface area contributed by atoms with Gasteiger partial charge in [-0.3, -0.25) is 4.79 Å². The molecule has 6 nitrogen and oxygen atoms in total. The maximum atomic E-state index is 12.1. The number of carbonyl (C=O) groups excluding carboxylic acids is 1. The number of hydrogen-bond donors (Lipinski definition) is 2. The van der Waals surface area contributed by atoms with E-state index in [1.807, 2.05) is 42.8 Å². The lowest BCUT2D eigenvalue weighted by molar-refractivity contribution is -0.123. The van der Waals surface area contributed by atoms with Crippen LogP contribution in [0.4, 0.5) is 0 Å². The third-order valence-corrected chi connectivity index (χ3v) is 4.42. The first-order valence-corrected chi connectivity index (χ1v) is 7.73. The molecule has 1 saturated carbocycles. The molecule has 1 unspecified atom stereocenters. The molecule has 1 fully saturated rings. The Kier molecular flexibility index (Phi) is 5.20. The summed E-state index contributed by atoms with van der Waals surface area (Å²) in [4.78, 5) is 12.1. The number of halogens is 1. The first-order valence-electron chi connectivity index (χ1n) is 7.73. The standard InChI is InChI=1S/C17H22N4O2.ClH/c1-11(20-16(22)17(18)8-9-17)15-10-19-21(12(15)2)13-4-6-14(23-3)7-5-13;/h4-7,10-11H,8-9,18H2,1-3H3,(H,20,22);1H. The van der Waals surface area contributed by atoms with Crippen molar-refractivity contribution >= 4 is 18.3 Å².